The number of hydrogen-bond acceptors (Lipinski definition) is 4. The Kier molecular flexibility index (Phi) is 5.14. The Balaban J connectivity index is 1.66. The minimum atomic E-state index is -1.14. The molecular formula is C24H19NO3S. The summed E-state index contributed by atoms with van der Waals surface area (Å²) < 4.78 is 0. The summed E-state index contributed by atoms with van der Waals surface area (Å²) >= 11 is 1.68. The number of thiazole rings is 1. The Morgan fingerprint density at radius 2 is 1.66 bits per heavy atom. The number of aromatic carboxylic acids is 1. The van der Waals surface area contributed by atoms with Crippen molar-refractivity contribution in [2.75, 3.05) is 0 Å². The Morgan fingerprint density at radius 1 is 0.931 bits per heavy atom. The molecule has 4 aromatic rings. The van der Waals surface area contributed by atoms with Crippen molar-refractivity contribution in [3.05, 3.63) is 94.6 Å². The van der Waals surface area contributed by atoms with Gasteiger partial charge in [0.05, 0.1) is 15.6 Å². The summed E-state index contributed by atoms with van der Waals surface area (Å²) in [6, 6.07) is 22.9. The third-order valence-electron chi connectivity index (χ3n) is 4.73. The number of carboxylic acids is 1. The van der Waals surface area contributed by atoms with Crippen LogP contribution in [0.25, 0.3) is 21.6 Å². The molecule has 144 valence electrons. The number of aromatic hydroxyl groups is 1. The molecule has 3 aromatic carbocycles. The molecular weight excluding hydrogens is 382 g/mol. The third-order valence-corrected chi connectivity index (χ3v) is 5.93. The zero-order valence-corrected chi connectivity index (χ0v) is 16.6. The Bertz CT molecular complexity index is 1180. The van der Waals surface area contributed by atoms with Gasteiger partial charge in [-0.3, -0.25) is 0 Å². The first-order chi connectivity index (χ1) is 14.0. The summed E-state index contributed by atoms with van der Waals surface area (Å²) in [6.07, 6.45) is 0.802. The predicted octanol–water partition coefficient (Wildman–Crippen LogP) is 5.78. The van der Waals surface area contributed by atoms with Gasteiger partial charge in [0, 0.05) is 6.42 Å². The molecule has 0 spiro atoms. The van der Waals surface area contributed by atoms with Crippen molar-refractivity contribution in [1.29, 1.82) is 0 Å². The van der Waals surface area contributed by atoms with Crippen LogP contribution in [0.2, 0.25) is 0 Å². The molecule has 0 radical (unpaired) electrons. The highest BCUT2D eigenvalue weighted by atomic mass is 32.1. The summed E-state index contributed by atoms with van der Waals surface area (Å²) in [5.74, 6) is -1.38. The van der Waals surface area contributed by atoms with E-state index in [0.717, 1.165) is 38.7 Å². The van der Waals surface area contributed by atoms with Gasteiger partial charge in [-0.05, 0) is 47.4 Å². The van der Waals surface area contributed by atoms with Crippen LogP contribution in [-0.4, -0.2) is 21.2 Å². The number of carboxylic acid groups (broad SMARTS) is 1. The van der Waals surface area contributed by atoms with Gasteiger partial charge in [0.2, 0.25) is 0 Å². The summed E-state index contributed by atoms with van der Waals surface area (Å²) in [5, 5.41) is 20.2. The zero-order valence-electron chi connectivity index (χ0n) is 15.8. The standard InChI is InChI=1S/C24H19NO3S/c1-15-23(29-22(25-15)12-16-6-3-2-4-7-16)19-9-5-8-17(13-19)18-10-11-20(24(27)28)21(26)14-18/h2-11,13-14,26H,12H2,1H3,(H,27,28). The van der Waals surface area contributed by atoms with Crippen molar-refractivity contribution < 1.29 is 15.0 Å². The molecule has 0 aliphatic heterocycles. The number of rotatable bonds is 5. The molecule has 1 heterocycles. The Labute approximate surface area is 172 Å². The molecule has 0 bridgehead atoms. The number of benzene rings is 3. The van der Waals surface area contributed by atoms with E-state index in [-0.39, 0.29) is 11.3 Å². The highest BCUT2D eigenvalue weighted by Crippen LogP contribution is 2.34. The second kappa shape index (κ2) is 7.89. The summed E-state index contributed by atoms with van der Waals surface area (Å²) in [4.78, 5) is 17.0. The average Bonchev–Trinajstić information content (AvgIpc) is 3.08. The maximum absolute atomic E-state index is 11.1. The maximum Gasteiger partial charge on any atom is 0.339 e. The van der Waals surface area contributed by atoms with E-state index in [1.54, 1.807) is 17.4 Å². The van der Waals surface area contributed by atoms with E-state index >= 15 is 0 Å². The first kappa shape index (κ1) is 18.9. The van der Waals surface area contributed by atoms with Gasteiger partial charge < -0.3 is 10.2 Å². The van der Waals surface area contributed by atoms with Gasteiger partial charge in [-0.2, -0.15) is 0 Å². The lowest BCUT2D eigenvalue weighted by Gasteiger charge is -2.07. The largest absolute Gasteiger partial charge is 0.507 e. The van der Waals surface area contributed by atoms with E-state index in [9.17, 15) is 9.90 Å². The van der Waals surface area contributed by atoms with Crippen LogP contribution in [0.3, 0.4) is 0 Å². The quantitative estimate of drug-likeness (QED) is 0.445. The molecule has 2 N–H and O–H groups in total. The first-order valence-corrected chi connectivity index (χ1v) is 10.0. The number of carbonyl (C=O) groups is 1. The molecule has 0 saturated heterocycles. The lowest BCUT2D eigenvalue weighted by molar-refractivity contribution is 0.0694. The topological polar surface area (TPSA) is 70.4 Å². The van der Waals surface area contributed by atoms with Crippen molar-refractivity contribution >= 4 is 17.3 Å². The fourth-order valence-electron chi connectivity index (χ4n) is 3.30. The third kappa shape index (κ3) is 4.05. The van der Waals surface area contributed by atoms with E-state index in [1.807, 2.05) is 49.4 Å². The van der Waals surface area contributed by atoms with Gasteiger partial charge in [0.15, 0.2) is 0 Å². The number of aryl methyl sites for hydroxylation is 1. The van der Waals surface area contributed by atoms with Crippen molar-refractivity contribution in [3.8, 4) is 27.3 Å². The second-order valence-corrected chi connectivity index (χ2v) is 7.89. The molecule has 0 fully saturated rings. The van der Waals surface area contributed by atoms with Gasteiger partial charge in [-0.25, -0.2) is 9.78 Å². The van der Waals surface area contributed by atoms with Crippen LogP contribution in [0.15, 0.2) is 72.8 Å². The SMILES string of the molecule is Cc1nc(Cc2ccccc2)sc1-c1cccc(-c2ccc(C(=O)O)c(O)c2)c1. The number of aromatic nitrogens is 1. The second-order valence-electron chi connectivity index (χ2n) is 6.80. The average molecular weight is 401 g/mol. The fourth-order valence-corrected chi connectivity index (χ4v) is 4.39. The van der Waals surface area contributed by atoms with E-state index < -0.39 is 5.97 Å². The van der Waals surface area contributed by atoms with E-state index in [4.69, 9.17) is 10.1 Å². The van der Waals surface area contributed by atoms with Gasteiger partial charge in [-0.15, -0.1) is 11.3 Å². The molecule has 0 aliphatic rings. The fraction of sp³-hybridized carbons (Fsp3) is 0.0833. The number of phenols is 1. The summed E-state index contributed by atoms with van der Waals surface area (Å²) in [6.45, 7) is 2.01. The molecule has 29 heavy (non-hydrogen) atoms. The molecule has 1 aromatic heterocycles. The van der Waals surface area contributed by atoms with Gasteiger partial charge in [0.1, 0.15) is 11.3 Å². The van der Waals surface area contributed by atoms with Gasteiger partial charge in [-0.1, -0.05) is 54.6 Å². The Morgan fingerprint density at radius 3 is 2.38 bits per heavy atom. The van der Waals surface area contributed by atoms with Crippen LogP contribution in [0.4, 0.5) is 0 Å². The lowest BCUT2D eigenvalue weighted by Crippen LogP contribution is -1.96. The van der Waals surface area contributed by atoms with Crippen LogP contribution in [0.5, 0.6) is 5.75 Å². The number of hydrogen-bond donors (Lipinski definition) is 2. The van der Waals surface area contributed by atoms with Crippen LogP contribution < -0.4 is 0 Å². The molecule has 0 unspecified atom stereocenters. The van der Waals surface area contributed by atoms with Crippen molar-refractivity contribution in [2.24, 2.45) is 0 Å². The van der Waals surface area contributed by atoms with Crippen molar-refractivity contribution in [1.82, 2.24) is 4.98 Å². The highest BCUT2D eigenvalue weighted by molar-refractivity contribution is 7.15. The van der Waals surface area contributed by atoms with Crippen LogP contribution in [-0.2, 0) is 6.42 Å². The first-order valence-electron chi connectivity index (χ1n) is 9.18. The molecule has 0 amide bonds. The maximum atomic E-state index is 11.1. The van der Waals surface area contributed by atoms with E-state index in [0.29, 0.717) is 0 Å². The summed E-state index contributed by atoms with van der Waals surface area (Å²) in [5.41, 5.74) is 4.85. The zero-order chi connectivity index (χ0) is 20.4. The molecule has 0 atom stereocenters. The molecule has 4 nitrogen and oxygen atoms in total. The summed E-state index contributed by atoms with van der Waals surface area (Å²) in [7, 11) is 0. The van der Waals surface area contributed by atoms with Gasteiger partial charge >= 0.3 is 5.97 Å². The van der Waals surface area contributed by atoms with E-state index in [2.05, 4.69) is 12.1 Å². The van der Waals surface area contributed by atoms with E-state index in [1.165, 1.54) is 17.7 Å². The minimum Gasteiger partial charge on any atom is -0.507 e. The molecule has 0 saturated carbocycles. The highest BCUT2D eigenvalue weighted by Gasteiger charge is 2.13. The monoisotopic (exact) mass is 401 g/mol. The minimum absolute atomic E-state index is 0.103. The normalized spacial score (nSPS) is 10.8. The molecule has 0 aliphatic carbocycles. The molecule has 5 heteroatoms. The van der Waals surface area contributed by atoms with Crippen molar-refractivity contribution in [3.63, 3.8) is 0 Å². The molecule has 4 rings (SSSR count). The smallest absolute Gasteiger partial charge is 0.339 e. The Hall–Kier alpha value is -3.44. The van der Waals surface area contributed by atoms with Gasteiger partial charge in [0.25, 0.3) is 0 Å². The van der Waals surface area contributed by atoms with Crippen LogP contribution in [0.1, 0.15) is 26.6 Å². The van der Waals surface area contributed by atoms with Crippen LogP contribution >= 0.6 is 11.3 Å². The lowest BCUT2D eigenvalue weighted by atomic mass is 10.0. The van der Waals surface area contributed by atoms with Crippen LogP contribution in [0, 0.1) is 6.92 Å². The van der Waals surface area contributed by atoms with Crippen molar-refractivity contribution in [2.45, 2.75) is 13.3 Å². The number of nitrogens with zero attached hydrogens (tertiary/aromatic N) is 1. The predicted molar refractivity (Wildman–Crippen MR) is 116 cm³/mol.